The smallest absolute Gasteiger partial charge is 0.483 e. The molecule has 0 saturated carbocycles. The predicted octanol–water partition coefficient (Wildman–Crippen LogP) is 10.1. The number of unbranched alkanes of at least 4 members (excludes halogenated alkanes) is 1. The minimum absolute atomic E-state index is 0.526. The SMILES string of the molecule is c1ccc(O[Si](CCCC[Si](Oc2ccccc2)(Oc2ccccc2)Oc2ccccc2)(Oc2ccccc2)Oc2ccccc2)cc1. The molecule has 0 spiro atoms. The maximum absolute atomic E-state index is 6.74. The molecule has 6 nitrogen and oxygen atoms in total. The highest BCUT2D eigenvalue weighted by molar-refractivity contribution is 6.64. The highest BCUT2D eigenvalue weighted by Crippen LogP contribution is 2.31. The Bertz CT molecular complexity index is 1430. The van der Waals surface area contributed by atoms with Gasteiger partial charge < -0.3 is 26.6 Å². The van der Waals surface area contributed by atoms with E-state index < -0.39 is 17.6 Å². The van der Waals surface area contributed by atoms with Crippen molar-refractivity contribution in [2.24, 2.45) is 0 Å². The molecule has 0 aromatic heterocycles. The Balaban J connectivity index is 1.30. The zero-order valence-corrected chi connectivity index (χ0v) is 28.6. The standard InChI is InChI=1S/C40H38O6Si2/c1-7-21-35(22-8-1)41-47(42-36-23-9-2-10-24-36,43-37-25-11-3-12-26-37)33-19-20-34-48(44-38-27-13-4-14-28-38,45-39-29-15-5-16-30-39)46-40-31-17-6-18-32-40/h1-18,21-32H,19-20,33-34H2. The third-order valence-electron chi connectivity index (χ3n) is 7.32. The normalized spacial score (nSPS) is 11.2. The van der Waals surface area contributed by atoms with Crippen molar-refractivity contribution in [3.05, 3.63) is 182 Å². The van der Waals surface area contributed by atoms with E-state index in [1.807, 2.05) is 182 Å². The van der Waals surface area contributed by atoms with Crippen LogP contribution in [0.2, 0.25) is 12.1 Å². The number of para-hydroxylation sites is 6. The maximum atomic E-state index is 6.74. The van der Waals surface area contributed by atoms with Crippen LogP contribution in [0.1, 0.15) is 12.8 Å². The molecule has 0 aliphatic carbocycles. The van der Waals surface area contributed by atoms with Gasteiger partial charge in [0, 0.05) is 0 Å². The minimum atomic E-state index is -3.44. The Morgan fingerprint density at radius 2 is 0.417 bits per heavy atom. The van der Waals surface area contributed by atoms with E-state index >= 15 is 0 Å². The number of rotatable bonds is 17. The average Bonchev–Trinajstić information content (AvgIpc) is 3.13. The van der Waals surface area contributed by atoms with Crippen LogP contribution >= 0.6 is 0 Å². The van der Waals surface area contributed by atoms with Gasteiger partial charge in [0.25, 0.3) is 0 Å². The molecule has 0 unspecified atom stereocenters. The first-order valence-electron chi connectivity index (χ1n) is 16.1. The molecule has 0 heterocycles. The second-order valence-corrected chi connectivity index (χ2v) is 16.0. The van der Waals surface area contributed by atoms with Crippen molar-refractivity contribution in [1.29, 1.82) is 0 Å². The molecule has 242 valence electrons. The fourth-order valence-corrected chi connectivity index (χ4v) is 10.3. The van der Waals surface area contributed by atoms with Gasteiger partial charge in [-0.3, -0.25) is 0 Å². The van der Waals surface area contributed by atoms with Crippen molar-refractivity contribution in [3.8, 4) is 34.5 Å². The number of hydrogen-bond acceptors (Lipinski definition) is 6. The zero-order chi connectivity index (χ0) is 32.7. The number of benzene rings is 6. The molecule has 8 heteroatoms. The molecule has 0 bridgehead atoms. The van der Waals surface area contributed by atoms with E-state index in [1.54, 1.807) is 0 Å². The summed E-state index contributed by atoms with van der Waals surface area (Å²) in [5.74, 6) is 4.12. The van der Waals surface area contributed by atoms with Crippen LogP contribution in [0.4, 0.5) is 0 Å². The highest BCUT2D eigenvalue weighted by Gasteiger charge is 2.51. The van der Waals surface area contributed by atoms with Crippen LogP contribution in [0.3, 0.4) is 0 Å². The molecule has 0 radical (unpaired) electrons. The van der Waals surface area contributed by atoms with Crippen molar-refractivity contribution < 1.29 is 26.6 Å². The van der Waals surface area contributed by atoms with E-state index in [0.717, 1.165) is 0 Å². The van der Waals surface area contributed by atoms with Crippen LogP contribution in [0, 0.1) is 0 Å². The summed E-state index contributed by atoms with van der Waals surface area (Å²) in [6.45, 7) is 0. The molecule has 0 N–H and O–H groups in total. The Morgan fingerprint density at radius 3 is 0.583 bits per heavy atom. The molecule has 6 rings (SSSR count). The summed E-state index contributed by atoms with van der Waals surface area (Å²) in [5.41, 5.74) is 0. The first-order valence-corrected chi connectivity index (χ1v) is 20.0. The quantitative estimate of drug-likeness (QED) is 0.0711. The van der Waals surface area contributed by atoms with Gasteiger partial charge in [-0.15, -0.1) is 0 Å². The summed E-state index contributed by atoms with van der Waals surface area (Å²) >= 11 is 0. The van der Waals surface area contributed by atoms with Gasteiger partial charge in [0.2, 0.25) is 0 Å². The molecular weight excluding hydrogens is 633 g/mol. The van der Waals surface area contributed by atoms with Crippen molar-refractivity contribution in [1.82, 2.24) is 0 Å². The minimum Gasteiger partial charge on any atom is -0.483 e. The van der Waals surface area contributed by atoms with Gasteiger partial charge in [-0.25, -0.2) is 0 Å². The first-order chi connectivity index (χ1) is 23.7. The lowest BCUT2D eigenvalue weighted by atomic mass is 10.3. The van der Waals surface area contributed by atoms with Gasteiger partial charge in [0.15, 0.2) is 0 Å². The summed E-state index contributed by atoms with van der Waals surface area (Å²) in [5, 5.41) is 0. The van der Waals surface area contributed by atoms with E-state index in [1.165, 1.54) is 0 Å². The van der Waals surface area contributed by atoms with Crippen LogP contribution in [-0.4, -0.2) is 17.6 Å². The summed E-state index contributed by atoms with van der Waals surface area (Å²) in [4.78, 5) is 0. The molecule has 0 aliphatic heterocycles. The summed E-state index contributed by atoms with van der Waals surface area (Å²) in [6, 6.07) is 59.3. The van der Waals surface area contributed by atoms with Crippen LogP contribution in [0.5, 0.6) is 34.5 Å². The van der Waals surface area contributed by atoms with Crippen molar-refractivity contribution in [3.63, 3.8) is 0 Å². The third-order valence-corrected chi connectivity index (χ3v) is 12.5. The molecule has 0 aliphatic rings. The molecule has 0 fully saturated rings. The third kappa shape index (κ3) is 9.54. The summed E-state index contributed by atoms with van der Waals surface area (Å²) in [7, 11) is -6.89. The van der Waals surface area contributed by atoms with Gasteiger partial charge >= 0.3 is 17.6 Å². The van der Waals surface area contributed by atoms with Gasteiger partial charge in [-0.2, -0.15) is 0 Å². The molecule has 0 atom stereocenters. The summed E-state index contributed by atoms with van der Waals surface area (Å²) in [6.07, 6.45) is 1.39. The van der Waals surface area contributed by atoms with Crippen LogP contribution < -0.4 is 26.6 Å². The molecule has 48 heavy (non-hydrogen) atoms. The van der Waals surface area contributed by atoms with Crippen molar-refractivity contribution in [2.45, 2.75) is 24.9 Å². The Hall–Kier alpha value is -5.45. The van der Waals surface area contributed by atoms with Crippen molar-refractivity contribution >= 4 is 17.6 Å². The summed E-state index contributed by atoms with van der Waals surface area (Å²) < 4.78 is 40.4. The molecule has 6 aromatic carbocycles. The highest BCUT2D eigenvalue weighted by atomic mass is 28.4. The second kappa shape index (κ2) is 16.4. The lowest BCUT2D eigenvalue weighted by Gasteiger charge is -2.32. The zero-order valence-electron chi connectivity index (χ0n) is 26.6. The van der Waals surface area contributed by atoms with Crippen LogP contribution in [0.25, 0.3) is 0 Å². The van der Waals surface area contributed by atoms with E-state index in [2.05, 4.69) is 0 Å². The van der Waals surface area contributed by atoms with Gasteiger partial charge in [0.1, 0.15) is 34.5 Å². The largest absolute Gasteiger partial charge is 0.699 e. The van der Waals surface area contributed by atoms with E-state index in [9.17, 15) is 0 Å². The molecule has 0 amide bonds. The number of hydrogen-bond donors (Lipinski definition) is 0. The fraction of sp³-hybridized carbons (Fsp3) is 0.100. The monoisotopic (exact) mass is 670 g/mol. The van der Waals surface area contributed by atoms with E-state index in [-0.39, 0.29) is 0 Å². The molecule has 0 saturated heterocycles. The predicted molar refractivity (Wildman–Crippen MR) is 193 cm³/mol. The Labute approximate surface area is 284 Å². The lowest BCUT2D eigenvalue weighted by molar-refractivity contribution is 0.251. The van der Waals surface area contributed by atoms with Crippen LogP contribution in [-0.2, 0) is 0 Å². The average molecular weight is 671 g/mol. The van der Waals surface area contributed by atoms with Crippen LogP contribution in [0.15, 0.2) is 182 Å². The topological polar surface area (TPSA) is 55.4 Å². The second-order valence-electron chi connectivity index (χ2n) is 11.1. The van der Waals surface area contributed by atoms with Crippen molar-refractivity contribution in [2.75, 3.05) is 0 Å². The Morgan fingerprint density at radius 1 is 0.250 bits per heavy atom. The van der Waals surface area contributed by atoms with Gasteiger partial charge in [-0.05, 0) is 85.6 Å². The molecule has 6 aromatic rings. The molecular formula is C40H38O6Si2. The Kier molecular flexibility index (Phi) is 11.1. The maximum Gasteiger partial charge on any atom is 0.699 e. The van der Waals surface area contributed by atoms with Gasteiger partial charge in [0.05, 0.1) is 12.1 Å². The lowest BCUT2D eigenvalue weighted by Crippen LogP contribution is -2.56. The first kappa shape index (κ1) is 32.5. The van der Waals surface area contributed by atoms with E-state index in [0.29, 0.717) is 59.4 Å². The van der Waals surface area contributed by atoms with E-state index in [4.69, 9.17) is 26.6 Å². The van der Waals surface area contributed by atoms with Gasteiger partial charge in [-0.1, -0.05) is 109 Å². The fourth-order valence-electron chi connectivity index (χ4n) is 5.12.